The van der Waals surface area contributed by atoms with E-state index in [2.05, 4.69) is 27.3 Å². The highest BCUT2D eigenvalue weighted by molar-refractivity contribution is 14.1. The minimum absolute atomic E-state index is 0.0802. The molecule has 3 rings (SSSR count). The van der Waals surface area contributed by atoms with Crippen LogP contribution in [-0.4, -0.2) is 59.3 Å². The number of esters is 1. The summed E-state index contributed by atoms with van der Waals surface area (Å²) in [6, 6.07) is 2.89. The molecule has 2 aliphatic rings. The van der Waals surface area contributed by atoms with Crippen LogP contribution in [-0.2, 0) is 24.3 Å². The number of nitro benzene ring substituents is 1. The highest BCUT2D eigenvalue weighted by Gasteiger charge is 2.51. The second-order valence-corrected chi connectivity index (χ2v) is 9.86. The maximum Gasteiger partial charge on any atom is 0.328 e. The summed E-state index contributed by atoms with van der Waals surface area (Å²) in [5, 5.41) is 11.2. The second kappa shape index (κ2) is 7.91. The van der Waals surface area contributed by atoms with Crippen LogP contribution < -0.4 is 4.72 Å². The first kappa shape index (κ1) is 20.9. The van der Waals surface area contributed by atoms with Gasteiger partial charge in [-0.05, 0) is 25.3 Å². The predicted octanol–water partition coefficient (Wildman–Crippen LogP) is 0.982. The number of carbonyl (C=O) groups is 2. The van der Waals surface area contributed by atoms with Crippen LogP contribution in [0.2, 0.25) is 0 Å². The highest BCUT2D eigenvalue weighted by Crippen LogP contribution is 2.37. The average Bonchev–Trinajstić information content (AvgIpc) is 3.11. The zero-order chi connectivity index (χ0) is 20.6. The van der Waals surface area contributed by atoms with Crippen molar-refractivity contribution in [2.75, 3.05) is 7.11 Å². The number of fused-ring (bicyclic) bond motifs is 1. The van der Waals surface area contributed by atoms with E-state index in [1.807, 2.05) is 0 Å². The Hall–Kier alpha value is -1.80. The van der Waals surface area contributed by atoms with E-state index in [-0.39, 0.29) is 16.4 Å². The van der Waals surface area contributed by atoms with Gasteiger partial charge in [-0.1, -0.05) is 34.7 Å². The van der Waals surface area contributed by atoms with Gasteiger partial charge in [0.2, 0.25) is 15.9 Å². The van der Waals surface area contributed by atoms with E-state index in [9.17, 15) is 28.1 Å². The van der Waals surface area contributed by atoms with Crippen LogP contribution in [0.4, 0.5) is 5.69 Å². The molecule has 2 saturated heterocycles. The number of hydrogen-bond acceptors (Lipinski definition) is 7. The third kappa shape index (κ3) is 3.72. The fourth-order valence-electron chi connectivity index (χ4n) is 3.73. The Morgan fingerprint density at radius 1 is 1.36 bits per heavy atom. The van der Waals surface area contributed by atoms with Gasteiger partial charge in [0.05, 0.1) is 12.0 Å². The number of nitro groups is 1. The van der Waals surface area contributed by atoms with Crippen LogP contribution in [0, 0.1) is 10.1 Å². The minimum Gasteiger partial charge on any atom is -0.467 e. The molecule has 12 heteroatoms. The quantitative estimate of drug-likeness (QED) is 0.200. The number of carbonyl (C=O) groups excluding carboxylic acids is 2. The summed E-state index contributed by atoms with van der Waals surface area (Å²) in [5.74, 6) is -1.06. The molecule has 0 aromatic heterocycles. The lowest BCUT2D eigenvalue weighted by Gasteiger charge is -2.40. The van der Waals surface area contributed by atoms with Gasteiger partial charge in [-0.15, -0.1) is 0 Å². The predicted molar refractivity (Wildman–Crippen MR) is 105 cm³/mol. The van der Waals surface area contributed by atoms with Crippen LogP contribution >= 0.6 is 22.6 Å². The number of hydrogen-bond donors (Lipinski definition) is 1. The molecule has 2 fully saturated rings. The minimum atomic E-state index is -4.32. The van der Waals surface area contributed by atoms with Gasteiger partial charge < -0.3 is 9.64 Å². The number of amides is 1. The van der Waals surface area contributed by atoms with Crippen LogP contribution in [0.15, 0.2) is 29.2 Å². The van der Waals surface area contributed by atoms with E-state index in [0.29, 0.717) is 12.8 Å². The average molecular weight is 523 g/mol. The van der Waals surface area contributed by atoms with Gasteiger partial charge in [0.15, 0.2) is 4.90 Å². The summed E-state index contributed by atoms with van der Waals surface area (Å²) in [6.45, 7) is 0. The number of sulfonamides is 1. The molecule has 0 aliphatic carbocycles. The SMILES string of the molecule is COC(=O)[C@@H]1CC[C@H]2[C@@H](I)C[C@H](NS(=O)(=O)c3ccccc3[N+](=O)[O-])C(=O)N12. The standard InChI is InChI=1S/C16H18IN3O7S/c1-27-16(22)13-7-6-11-9(17)8-10(15(21)19(11)13)18-28(25,26)14-5-3-2-4-12(14)20(23)24/h2-5,9-11,13,18H,6-8H2,1H3/t9-,10-,11-,13-/m0/s1. The van der Waals surface area contributed by atoms with Crippen LogP contribution in [0.3, 0.4) is 0 Å². The zero-order valence-electron chi connectivity index (χ0n) is 14.8. The van der Waals surface area contributed by atoms with Crippen molar-refractivity contribution in [1.29, 1.82) is 0 Å². The first-order chi connectivity index (χ1) is 13.2. The van der Waals surface area contributed by atoms with Crippen molar-refractivity contribution >= 4 is 50.2 Å². The van der Waals surface area contributed by atoms with Crippen LogP contribution in [0.25, 0.3) is 0 Å². The molecule has 10 nitrogen and oxygen atoms in total. The summed E-state index contributed by atoms with van der Waals surface area (Å²) in [6.07, 6.45) is 1.31. The Labute approximate surface area is 174 Å². The molecular weight excluding hydrogens is 505 g/mol. The van der Waals surface area contributed by atoms with E-state index in [1.54, 1.807) is 0 Å². The van der Waals surface area contributed by atoms with Crippen molar-refractivity contribution in [2.45, 2.75) is 46.2 Å². The summed E-state index contributed by atoms with van der Waals surface area (Å²) in [5.41, 5.74) is -0.573. The number of para-hydroxylation sites is 1. The summed E-state index contributed by atoms with van der Waals surface area (Å²) >= 11 is 2.14. The van der Waals surface area contributed by atoms with Crippen molar-refractivity contribution in [3.8, 4) is 0 Å². The summed E-state index contributed by atoms with van der Waals surface area (Å²) < 4.78 is 32.5. The van der Waals surface area contributed by atoms with Crippen molar-refractivity contribution in [2.24, 2.45) is 0 Å². The van der Waals surface area contributed by atoms with Gasteiger partial charge in [0.1, 0.15) is 12.1 Å². The van der Waals surface area contributed by atoms with Gasteiger partial charge in [0.25, 0.3) is 5.69 Å². The van der Waals surface area contributed by atoms with Crippen LogP contribution in [0.5, 0.6) is 0 Å². The first-order valence-corrected chi connectivity index (χ1v) is 11.2. The molecule has 0 saturated carbocycles. The lowest BCUT2D eigenvalue weighted by atomic mass is 9.99. The number of benzene rings is 1. The molecule has 1 aromatic rings. The number of rotatable bonds is 5. The van der Waals surface area contributed by atoms with E-state index in [4.69, 9.17) is 4.74 Å². The number of nitrogens with zero attached hydrogens (tertiary/aromatic N) is 2. The third-order valence-corrected chi connectivity index (χ3v) is 7.84. The molecular formula is C16H18IN3O7S. The Morgan fingerprint density at radius 3 is 2.68 bits per heavy atom. The number of ether oxygens (including phenoxy) is 1. The molecule has 1 amide bonds. The number of piperidine rings is 1. The lowest BCUT2D eigenvalue weighted by molar-refractivity contribution is -0.387. The van der Waals surface area contributed by atoms with E-state index in [1.165, 1.54) is 24.1 Å². The number of alkyl halides is 1. The maximum atomic E-state index is 13.0. The van der Waals surface area contributed by atoms with Crippen molar-refractivity contribution in [1.82, 2.24) is 9.62 Å². The molecule has 0 unspecified atom stereocenters. The molecule has 4 atom stereocenters. The van der Waals surface area contributed by atoms with Gasteiger partial charge in [-0.2, -0.15) is 4.72 Å². The molecule has 0 radical (unpaired) electrons. The molecule has 2 heterocycles. The zero-order valence-corrected chi connectivity index (χ0v) is 17.8. The van der Waals surface area contributed by atoms with Gasteiger partial charge in [0, 0.05) is 16.0 Å². The summed E-state index contributed by atoms with van der Waals surface area (Å²) in [4.78, 5) is 36.3. The molecule has 1 aromatic carbocycles. The second-order valence-electron chi connectivity index (χ2n) is 6.58. The third-order valence-electron chi connectivity index (χ3n) is 4.98. The smallest absolute Gasteiger partial charge is 0.328 e. The van der Waals surface area contributed by atoms with Crippen LogP contribution in [0.1, 0.15) is 19.3 Å². The van der Waals surface area contributed by atoms with Crippen molar-refractivity contribution in [3.63, 3.8) is 0 Å². The van der Waals surface area contributed by atoms with Crippen molar-refractivity contribution in [3.05, 3.63) is 34.4 Å². The normalized spacial score (nSPS) is 27.4. The van der Waals surface area contributed by atoms with Gasteiger partial charge in [-0.25, -0.2) is 13.2 Å². The Balaban J connectivity index is 1.89. The molecule has 0 spiro atoms. The molecule has 2 aliphatic heterocycles. The Bertz CT molecular complexity index is 923. The van der Waals surface area contributed by atoms with Gasteiger partial charge in [-0.3, -0.25) is 14.9 Å². The maximum absolute atomic E-state index is 13.0. The van der Waals surface area contributed by atoms with E-state index in [0.717, 1.165) is 12.1 Å². The molecule has 152 valence electrons. The fraction of sp³-hybridized carbons (Fsp3) is 0.500. The summed E-state index contributed by atoms with van der Waals surface area (Å²) in [7, 11) is -3.09. The Morgan fingerprint density at radius 2 is 2.04 bits per heavy atom. The Kier molecular flexibility index (Phi) is 5.91. The number of halogens is 1. The number of nitrogens with one attached hydrogen (secondary N) is 1. The fourth-order valence-corrected chi connectivity index (χ4v) is 6.31. The monoisotopic (exact) mass is 523 g/mol. The van der Waals surface area contributed by atoms with Gasteiger partial charge >= 0.3 is 5.97 Å². The largest absolute Gasteiger partial charge is 0.467 e. The van der Waals surface area contributed by atoms with E-state index < -0.39 is 49.5 Å². The lowest BCUT2D eigenvalue weighted by Crippen LogP contribution is -2.60. The molecule has 1 N–H and O–H groups in total. The number of methoxy groups -OCH3 is 1. The first-order valence-electron chi connectivity index (χ1n) is 8.47. The van der Waals surface area contributed by atoms with E-state index >= 15 is 0 Å². The molecule has 28 heavy (non-hydrogen) atoms. The van der Waals surface area contributed by atoms with Crippen molar-refractivity contribution < 1.29 is 27.7 Å². The molecule has 0 bridgehead atoms. The highest BCUT2D eigenvalue weighted by atomic mass is 127. The topological polar surface area (TPSA) is 136 Å².